The molecule has 0 saturated heterocycles. The maximum Gasteiger partial charge on any atom is -1.00 e. The molecule has 0 bridgehead atoms. The standard InChI is InChI=1S/C23H20P.2ClH.Zr/c1-17-13-14-18(2)23-16-21(15-22(17)23)24(19-9-5-3-6-10-19)20-11-7-4-8-12-20;;;/h3-16H,1-2H3;2*1H;/q;;;+2/p-2. The van der Waals surface area contributed by atoms with Gasteiger partial charge < -0.3 is 24.8 Å². The third kappa shape index (κ3) is 4.33. The Morgan fingerprint density at radius 2 is 1.19 bits per heavy atom. The van der Waals surface area contributed by atoms with Gasteiger partial charge in [0.2, 0.25) is 0 Å². The van der Waals surface area contributed by atoms with Crippen LogP contribution in [0.25, 0.3) is 6.08 Å². The number of fused-ring (bicyclic) bond motifs is 1. The molecule has 4 rings (SSSR count). The first-order valence-corrected chi connectivity index (χ1v) is 11.4. The van der Waals surface area contributed by atoms with Crippen LogP contribution in [0, 0.1) is 13.8 Å². The average molecular weight is 490 g/mol. The summed E-state index contributed by atoms with van der Waals surface area (Å²) in [5.41, 5.74) is 5.87. The van der Waals surface area contributed by atoms with Crippen LogP contribution in [0.3, 0.4) is 0 Å². The van der Waals surface area contributed by atoms with E-state index in [4.69, 9.17) is 0 Å². The van der Waals surface area contributed by atoms with Gasteiger partial charge in [0.25, 0.3) is 0 Å². The van der Waals surface area contributed by atoms with E-state index in [0.717, 1.165) is 0 Å². The van der Waals surface area contributed by atoms with E-state index in [2.05, 4.69) is 92.7 Å². The Morgan fingerprint density at radius 1 is 0.704 bits per heavy atom. The van der Waals surface area contributed by atoms with Crippen molar-refractivity contribution < 1.29 is 49.5 Å². The van der Waals surface area contributed by atoms with Crippen LogP contribution in [0.1, 0.15) is 25.9 Å². The minimum Gasteiger partial charge on any atom is -1.00 e. The third-order valence-electron chi connectivity index (χ3n) is 4.89. The summed E-state index contributed by atoms with van der Waals surface area (Å²) in [6, 6.07) is 26.7. The molecule has 1 aliphatic carbocycles. The molecule has 0 aliphatic heterocycles. The molecule has 0 aromatic heterocycles. The minimum absolute atomic E-state index is 0. The number of rotatable bonds is 3. The summed E-state index contributed by atoms with van der Waals surface area (Å²) in [6.45, 7) is 4.51. The van der Waals surface area contributed by atoms with Gasteiger partial charge in [0.05, 0.1) is 0 Å². The summed E-state index contributed by atoms with van der Waals surface area (Å²) in [6.07, 6.45) is 2.50. The van der Waals surface area contributed by atoms with E-state index in [-0.39, 0.29) is 24.8 Å². The van der Waals surface area contributed by atoms with Gasteiger partial charge in [0, 0.05) is 0 Å². The van der Waals surface area contributed by atoms with Crippen LogP contribution in [-0.4, -0.2) is 0 Å². The first-order chi connectivity index (χ1) is 12.2. The summed E-state index contributed by atoms with van der Waals surface area (Å²) in [5.74, 6) is 0. The molecule has 1 unspecified atom stereocenters. The summed E-state index contributed by atoms with van der Waals surface area (Å²) in [5, 5.41) is 4.51. The number of hydrogen-bond acceptors (Lipinski definition) is 0. The summed E-state index contributed by atoms with van der Waals surface area (Å²) >= 11 is 1.59. The number of hydrogen-bond donors (Lipinski definition) is 0. The summed E-state index contributed by atoms with van der Waals surface area (Å²) in [4.78, 5) is 0. The predicted molar refractivity (Wildman–Crippen MR) is 106 cm³/mol. The van der Waals surface area contributed by atoms with Crippen molar-refractivity contribution >= 4 is 24.6 Å². The van der Waals surface area contributed by atoms with Gasteiger partial charge in [-0.25, -0.2) is 0 Å². The van der Waals surface area contributed by atoms with Crippen molar-refractivity contribution in [3.05, 3.63) is 100 Å². The zero-order valence-electron chi connectivity index (χ0n) is 15.3. The van der Waals surface area contributed by atoms with Crippen LogP contribution in [0.15, 0.2) is 78.1 Å². The maximum atomic E-state index is 2.50. The largest absolute Gasteiger partial charge is 1.00 e. The fraction of sp³-hybridized carbons (Fsp3) is 0.130. The molecule has 0 radical (unpaired) electrons. The fourth-order valence-corrected chi connectivity index (χ4v) is 8.18. The van der Waals surface area contributed by atoms with E-state index in [1.165, 1.54) is 27.3 Å². The Balaban J connectivity index is 0.00000131. The molecule has 0 amide bonds. The van der Waals surface area contributed by atoms with Crippen molar-refractivity contribution in [2.24, 2.45) is 0 Å². The molecule has 0 saturated carbocycles. The molecule has 27 heavy (non-hydrogen) atoms. The molecule has 3 aromatic carbocycles. The molecule has 0 N–H and O–H groups in total. The zero-order chi connectivity index (χ0) is 17.4. The molecule has 0 fully saturated rings. The van der Waals surface area contributed by atoms with Gasteiger partial charge in [-0.15, -0.1) is 0 Å². The van der Waals surface area contributed by atoms with Crippen LogP contribution >= 0.6 is 7.92 Å². The van der Waals surface area contributed by atoms with Crippen LogP contribution in [0.5, 0.6) is 0 Å². The van der Waals surface area contributed by atoms with Gasteiger partial charge in [-0.05, 0) is 0 Å². The molecule has 0 spiro atoms. The Bertz CT molecular complexity index is 900. The number of aryl methyl sites for hydroxylation is 2. The first kappa shape index (κ1) is 22.6. The molecular weight excluding hydrogens is 469 g/mol. The van der Waals surface area contributed by atoms with Gasteiger partial charge in [-0.1, -0.05) is 0 Å². The molecule has 0 nitrogen and oxygen atoms in total. The molecule has 1 atom stereocenters. The van der Waals surface area contributed by atoms with Crippen molar-refractivity contribution in [1.29, 1.82) is 0 Å². The minimum atomic E-state index is -0.479. The van der Waals surface area contributed by atoms with E-state index in [0.29, 0.717) is 3.63 Å². The van der Waals surface area contributed by atoms with Crippen LogP contribution in [-0.2, 0) is 24.7 Å². The second kappa shape index (κ2) is 9.67. The second-order valence-corrected chi connectivity index (χ2v) is 10.2. The second-order valence-electron chi connectivity index (χ2n) is 6.54. The van der Waals surface area contributed by atoms with E-state index in [1.807, 2.05) is 0 Å². The van der Waals surface area contributed by atoms with Gasteiger partial charge in [0.15, 0.2) is 0 Å². The van der Waals surface area contributed by atoms with E-state index in [1.54, 1.807) is 35.6 Å². The first-order valence-electron chi connectivity index (χ1n) is 8.60. The zero-order valence-corrected chi connectivity index (χ0v) is 20.2. The SMILES string of the molecule is Cc1ccc(C)c2c1C=C(P(c1ccccc1)c1ccccc1)[CH]2[Zr+2].[Cl-].[Cl-]. The summed E-state index contributed by atoms with van der Waals surface area (Å²) < 4.78 is 0.564. The monoisotopic (exact) mass is 487 g/mol. The molecule has 1 aliphatic rings. The van der Waals surface area contributed by atoms with Crippen molar-refractivity contribution in [3.8, 4) is 0 Å². The van der Waals surface area contributed by atoms with Crippen LogP contribution in [0.2, 0.25) is 0 Å². The molecule has 135 valence electrons. The third-order valence-corrected chi connectivity index (χ3v) is 9.49. The number of benzene rings is 3. The van der Waals surface area contributed by atoms with E-state index in [9.17, 15) is 0 Å². The fourth-order valence-electron chi connectivity index (χ4n) is 3.60. The molecular formula is C23H20Cl2PZr. The quantitative estimate of drug-likeness (QED) is 0.431. The maximum absolute atomic E-state index is 2.50. The Morgan fingerprint density at radius 3 is 1.67 bits per heavy atom. The van der Waals surface area contributed by atoms with Gasteiger partial charge in [-0.3, -0.25) is 0 Å². The van der Waals surface area contributed by atoms with Crippen molar-refractivity contribution in [2.45, 2.75) is 17.5 Å². The molecule has 4 heteroatoms. The predicted octanol–water partition coefficient (Wildman–Crippen LogP) is -0.613. The molecule has 0 heterocycles. The Kier molecular flexibility index (Phi) is 8.09. The summed E-state index contributed by atoms with van der Waals surface area (Å²) in [7, 11) is -0.479. The number of halogens is 2. The van der Waals surface area contributed by atoms with Gasteiger partial charge >= 0.3 is 167 Å². The topological polar surface area (TPSA) is 0 Å². The Labute approximate surface area is 190 Å². The van der Waals surface area contributed by atoms with Crippen molar-refractivity contribution in [2.75, 3.05) is 0 Å². The van der Waals surface area contributed by atoms with Gasteiger partial charge in [0.1, 0.15) is 0 Å². The average Bonchev–Trinajstić information content (AvgIpc) is 2.99. The van der Waals surface area contributed by atoms with Crippen LogP contribution in [0.4, 0.5) is 0 Å². The van der Waals surface area contributed by atoms with E-state index < -0.39 is 7.92 Å². The number of allylic oxidation sites excluding steroid dienone is 1. The molecule has 3 aromatic rings. The smallest absolute Gasteiger partial charge is 1.00 e. The van der Waals surface area contributed by atoms with Crippen molar-refractivity contribution in [3.63, 3.8) is 0 Å². The Hall–Kier alpha value is -0.707. The van der Waals surface area contributed by atoms with Crippen LogP contribution < -0.4 is 35.4 Å². The van der Waals surface area contributed by atoms with Crippen molar-refractivity contribution in [1.82, 2.24) is 0 Å². The van der Waals surface area contributed by atoms with E-state index >= 15 is 0 Å². The normalized spacial score (nSPS) is 14.9. The van der Waals surface area contributed by atoms with Gasteiger partial charge in [-0.2, -0.15) is 0 Å².